The van der Waals surface area contributed by atoms with E-state index in [1.165, 1.54) is 9.96 Å². The Hall–Kier alpha value is -3.10. The van der Waals surface area contributed by atoms with Crippen LogP contribution in [-0.4, -0.2) is 73.1 Å². The van der Waals surface area contributed by atoms with Crippen LogP contribution in [-0.2, 0) is 21.5 Å². The highest BCUT2D eigenvalue weighted by atomic mass is 16.7. The highest BCUT2D eigenvalue weighted by molar-refractivity contribution is 5.98. The Labute approximate surface area is 206 Å². The molecule has 2 aromatic rings. The minimum absolute atomic E-state index is 0.0864. The van der Waals surface area contributed by atoms with Crippen LogP contribution in [0, 0.1) is 5.92 Å². The van der Waals surface area contributed by atoms with Crippen molar-refractivity contribution in [1.82, 2.24) is 9.96 Å². The van der Waals surface area contributed by atoms with Crippen LogP contribution in [0.15, 0.2) is 48.5 Å². The molecule has 8 nitrogen and oxygen atoms in total. The molecule has 1 N–H and O–H groups in total. The van der Waals surface area contributed by atoms with Crippen molar-refractivity contribution >= 4 is 23.4 Å². The molecule has 2 fully saturated rings. The molecule has 2 saturated heterocycles. The first-order chi connectivity index (χ1) is 16.7. The number of benzene rings is 2. The summed E-state index contributed by atoms with van der Waals surface area (Å²) in [6, 6.07) is 14.9. The van der Waals surface area contributed by atoms with Crippen LogP contribution >= 0.6 is 0 Å². The minimum atomic E-state index is -1.13. The van der Waals surface area contributed by atoms with Gasteiger partial charge in [0.25, 0.3) is 5.91 Å². The normalized spacial score (nSPS) is 27.9. The van der Waals surface area contributed by atoms with Crippen molar-refractivity contribution in [1.29, 1.82) is 0 Å². The van der Waals surface area contributed by atoms with E-state index in [-0.39, 0.29) is 23.4 Å². The predicted molar refractivity (Wildman–Crippen MR) is 134 cm³/mol. The zero-order chi connectivity index (χ0) is 24.9. The van der Waals surface area contributed by atoms with Crippen molar-refractivity contribution in [2.75, 3.05) is 43.6 Å². The van der Waals surface area contributed by atoms with E-state index in [4.69, 9.17) is 4.84 Å². The van der Waals surface area contributed by atoms with Crippen LogP contribution in [0.2, 0.25) is 0 Å². The first-order valence-electron chi connectivity index (χ1n) is 12.3. The van der Waals surface area contributed by atoms with Crippen LogP contribution in [0.3, 0.4) is 0 Å². The number of likely N-dealkylation sites (tertiary alicyclic amines) is 1. The molecule has 3 aliphatic rings. The molecule has 3 aliphatic heterocycles. The molecule has 3 heterocycles. The molecule has 5 rings (SSSR count). The van der Waals surface area contributed by atoms with Crippen molar-refractivity contribution in [2.24, 2.45) is 5.92 Å². The smallest absolute Gasteiger partial charge is 0.412 e. The molecule has 8 heteroatoms. The zero-order valence-electron chi connectivity index (χ0n) is 20.8. The molecular weight excluding hydrogens is 444 g/mol. The summed E-state index contributed by atoms with van der Waals surface area (Å²) >= 11 is 0. The summed E-state index contributed by atoms with van der Waals surface area (Å²) in [5.74, 6) is -0.512. The number of anilines is 2. The summed E-state index contributed by atoms with van der Waals surface area (Å²) in [6.07, 6.45) is 0.798. The van der Waals surface area contributed by atoms with E-state index in [0.29, 0.717) is 25.3 Å². The Morgan fingerprint density at radius 1 is 1.20 bits per heavy atom. The second-order valence-electron chi connectivity index (χ2n) is 10.4. The molecule has 0 radical (unpaired) electrons. The van der Waals surface area contributed by atoms with Crippen molar-refractivity contribution in [2.45, 2.75) is 44.3 Å². The second-order valence-corrected chi connectivity index (χ2v) is 10.4. The van der Waals surface area contributed by atoms with Gasteiger partial charge >= 0.3 is 6.09 Å². The van der Waals surface area contributed by atoms with Crippen LogP contribution in [0.5, 0.6) is 0 Å². The van der Waals surface area contributed by atoms with Gasteiger partial charge in [-0.1, -0.05) is 44.2 Å². The Morgan fingerprint density at radius 2 is 1.94 bits per heavy atom. The Balaban J connectivity index is 1.37. The van der Waals surface area contributed by atoms with Crippen molar-refractivity contribution in [3.8, 4) is 0 Å². The number of hydroxylamine groups is 2. The number of carbonyl (C=O) groups excluding carboxylic acids is 1. The zero-order valence-corrected chi connectivity index (χ0v) is 20.8. The number of hydrogen-bond donors (Lipinski definition) is 1. The van der Waals surface area contributed by atoms with Crippen molar-refractivity contribution < 1.29 is 19.5 Å². The first kappa shape index (κ1) is 23.6. The molecule has 35 heavy (non-hydrogen) atoms. The minimum Gasteiger partial charge on any atom is -0.465 e. The number of nitrogens with zero attached hydrogens (tertiary/aromatic N) is 4. The van der Waals surface area contributed by atoms with Gasteiger partial charge in [-0.15, -0.1) is 0 Å². The lowest BCUT2D eigenvalue weighted by Gasteiger charge is -2.32. The molecule has 0 aromatic heterocycles. The SMILES string of the molecule is CC1CN(OCCc2ccccc2)C(=O)C1N(C(=O)O)c1ccc2c(c1)[C@]1(C)CCN(C)[C@@H]1N2C. The highest BCUT2D eigenvalue weighted by Gasteiger charge is 2.53. The van der Waals surface area contributed by atoms with Gasteiger partial charge in [-0.05, 0) is 49.2 Å². The van der Waals surface area contributed by atoms with Gasteiger partial charge in [-0.2, -0.15) is 0 Å². The summed E-state index contributed by atoms with van der Waals surface area (Å²) in [7, 11) is 4.23. The van der Waals surface area contributed by atoms with Crippen LogP contribution < -0.4 is 9.80 Å². The highest BCUT2D eigenvalue weighted by Crippen LogP contribution is 2.52. The number of carbonyl (C=O) groups is 2. The molecule has 0 saturated carbocycles. The van der Waals surface area contributed by atoms with Crippen molar-refractivity contribution in [3.63, 3.8) is 0 Å². The molecule has 0 bridgehead atoms. The number of hydrogen-bond acceptors (Lipinski definition) is 5. The summed E-state index contributed by atoms with van der Waals surface area (Å²) in [5.41, 5.74) is 3.85. The maximum absolute atomic E-state index is 13.3. The van der Waals surface area contributed by atoms with Crippen LogP contribution in [0.1, 0.15) is 31.4 Å². The maximum Gasteiger partial charge on any atom is 0.412 e. The Morgan fingerprint density at radius 3 is 2.66 bits per heavy atom. The average molecular weight is 479 g/mol. The van der Waals surface area contributed by atoms with E-state index in [1.54, 1.807) is 0 Å². The lowest BCUT2D eigenvalue weighted by Crippen LogP contribution is -2.47. The van der Waals surface area contributed by atoms with E-state index in [2.05, 4.69) is 30.8 Å². The van der Waals surface area contributed by atoms with Gasteiger partial charge in [0.2, 0.25) is 0 Å². The molecule has 2 amide bonds. The lowest BCUT2D eigenvalue weighted by atomic mass is 9.81. The number of rotatable bonds is 6. The number of carboxylic acid groups (broad SMARTS) is 1. The monoisotopic (exact) mass is 478 g/mol. The lowest BCUT2D eigenvalue weighted by molar-refractivity contribution is -0.178. The number of amides is 2. The fraction of sp³-hybridized carbons (Fsp3) is 0.481. The summed E-state index contributed by atoms with van der Waals surface area (Å²) in [5, 5.41) is 11.6. The van der Waals surface area contributed by atoms with E-state index in [1.807, 2.05) is 55.5 Å². The van der Waals surface area contributed by atoms with E-state index in [0.717, 1.165) is 29.8 Å². The average Bonchev–Trinajstić information content (AvgIpc) is 3.37. The summed E-state index contributed by atoms with van der Waals surface area (Å²) < 4.78 is 0. The summed E-state index contributed by atoms with van der Waals surface area (Å²) in [6.45, 7) is 5.87. The van der Waals surface area contributed by atoms with Crippen molar-refractivity contribution in [3.05, 3.63) is 59.7 Å². The first-order valence-corrected chi connectivity index (χ1v) is 12.3. The third-order valence-corrected chi connectivity index (χ3v) is 8.05. The molecule has 0 spiro atoms. The molecule has 2 unspecified atom stereocenters. The van der Waals surface area contributed by atoms with E-state index >= 15 is 0 Å². The standard InChI is InChI=1S/C27H34N4O4/c1-18-17-30(35-15-12-19-8-6-5-7-9-19)24(32)23(18)31(26(33)34)20-10-11-22-21(16-20)27(2)13-14-28(3)25(27)29(22)4/h5-11,16,18,23,25H,12-15,17H2,1-4H3,(H,33,34)/t18?,23?,25-,27+/m1/s1. The Kier molecular flexibility index (Phi) is 5.97. The van der Waals surface area contributed by atoms with Crippen LogP contribution in [0.4, 0.5) is 16.2 Å². The molecule has 4 atom stereocenters. The van der Waals surface area contributed by atoms with Gasteiger partial charge < -0.3 is 10.0 Å². The van der Waals surface area contributed by atoms with Gasteiger partial charge in [-0.25, -0.2) is 9.86 Å². The second kappa shape index (κ2) is 8.84. The van der Waals surface area contributed by atoms with Crippen LogP contribution in [0.25, 0.3) is 0 Å². The quantitative estimate of drug-likeness (QED) is 0.684. The fourth-order valence-corrected chi connectivity index (χ4v) is 6.35. The van der Waals surface area contributed by atoms with Gasteiger partial charge in [0.05, 0.1) is 19.3 Å². The Bertz CT molecular complexity index is 1130. The summed E-state index contributed by atoms with van der Waals surface area (Å²) in [4.78, 5) is 37.5. The third-order valence-electron chi connectivity index (χ3n) is 8.05. The van der Waals surface area contributed by atoms with E-state index < -0.39 is 12.1 Å². The topological polar surface area (TPSA) is 76.6 Å². The van der Waals surface area contributed by atoms with Gasteiger partial charge in [-0.3, -0.25) is 19.4 Å². The van der Waals surface area contributed by atoms with Gasteiger partial charge in [0.1, 0.15) is 6.04 Å². The third kappa shape index (κ3) is 3.85. The van der Waals surface area contributed by atoms with Gasteiger partial charge in [0, 0.05) is 36.3 Å². The molecular formula is C27H34N4O4. The van der Waals surface area contributed by atoms with Gasteiger partial charge in [0.15, 0.2) is 0 Å². The fourth-order valence-electron chi connectivity index (χ4n) is 6.35. The van der Waals surface area contributed by atoms with E-state index in [9.17, 15) is 14.7 Å². The molecule has 0 aliphatic carbocycles. The maximum atomic E-state index is 13.3. The molecule has 2 aromatic carbocycles. The number of likely N-dealkylation sites (N-methyl/N-ethyl adjacent to an activating group) is 2. The molecule has 186 valence electrons. The largest absolute Gasteiger partial charge is 0.465 e. The predicted octanol–water partition coefficient (Wildman–Crippen LogP) is 3.56. The number of fused-ring (bicyclic) bond motifs is 3.